The van der Waals surface area contributed by atoms with Crippen LogP contribution in [0.3, 0.4) is 0 Å². The summed E-state index contributed by atoms with van der Waals surface area (Å²) in [6.45, 7) is 6.47. The van der Waals surface area contributed by atoms with Crippen LogP contribution in [0.4, 0.5) is 0 Å². The molecule has 0 rings (SSSR count). The van der Waals surface area contributed by atoms with Crippen LogP contribution >= 0.6 is 0 Å². The van der Waals surface area contributed by atoms with Crippen molar-refractivity contribution in [2.75, 3.05) is 13.2 Å². The third kappa shape index (κ3) is 46.3. The van der Waals surface area contributed by atoms with E-state index in [4.69, 9.17) is 14.2 Å². The molecule has 0 bridgehead atoms. The lowest BCUT2D eigenvalue weighted by Gasteiger charge is -2.18. The normalized spacial score (nSPS) is 12.4. The number of allylic oxidation sites excluding steroid dienone is 8. The van der Waals surface area contributed by atoms with Gasteiger partial charge in [0.1, 0.15) is 13.2 Å². The number of unbranched alkanes of at least 4 members (excludes halogenated alkanes) is 28. The van der Waals surface area contributed by atoms with Crippen molar-refractivity contribution in [1.82, 2.24) is 0 Å². The van der Waals surface area contributed by atoms with Crippen molar-refractivity contribution < 1.29 is 28.6 Å². The second-order valence-electron chi connectivity index (χ2n) is 16.8. The lowest BCUT2D eigenvalue weighted by molar-refractivity contribution is -0.167. The van der Waals surface area contributed by atoms with E-state index in [1.165, 1.54) is 135 Å². The largest absolute Gasteiger partial charge is 0.462 e. The van der Waals surface area contributed by atoms with E-state index in [9.17, 15) is 14.4 Å². The van der Waals surface area contributed by atoms with E-state index in [-0.39, 0.29) is 31.1 Å². The van der Waals surface area contributed by atoms with Crippen LogP contribution in [0.1, 0.15) is 252 Å². The van der Waals surface area contributed by atoms with Crippen LogP contribution in [0.15, 0.2) is 48.6 Å². The molecule has 0 aliphatic heterocycles. The second-order valence-corrected chi connectivity index (χ2v) is 16.8. The van der Waals surface area contributed by atoms with Gasteiger partial charge in [-0.15, -0.1) is 0 Å². The fourth-order valence-electron chi connectivity index (χ4n) is 7.07. The fraction of sp³-hybridized carbons (Fsp3) is 0.792. The van der Waals surface area contributed by atoms with Gasteiger partial charge in [-0.2, -0.15) is 0 Å². The number of esters is 3. The molecule has 1 unspecified atom stereocenters. The van der Waals surface area contributed by atoms with Gasteiger partial charge in [-0.3, -0.25) is 14.4 Å². The van der Waals surface area contributed by atoms with Gasteiger partial charge in [0, 0.05) is 19.3 Å². The Morgan fingerprint density at radius 1 is 0.356 bits per heavy atom. The van der Waals surface area contributed by atoms with Crippen LogP contribution in [-0.4, -0.2) is 37.2 Å². The molecule has 0 saturated heterocycles. The van der Waals surface area contributed by atoms with Gasteiger partial charge < -0.3 is 14.2 Å². The highest BCUT2D eigenvalue weighted by Crippen LogP contribution is 2.15. The molecule has 0 saturated carbocycles. The summed E-state index contributed by atoms with van der Waals surface area (Å²) >= 11 is 0. The van der Waals surface area contributed by atoms with Crippen molar-refractivity contribution in [3.8, 4) is 0 Å². The molecular weight excluding hydrogens is 733 g/mol. The van der Waals surface area contributed by atoms with Crippen LogP contribution in [0.25, 0.3) is 0 Å². The van der Waals surface area contributed by atoms with Crippen molar-refractivity contribution >= 4 is 17.9 Å². The predicted molar refractivity (Wildman–Crippen MR) is 252 cm³/mol. The number of hydrogen-bond donors (Lipinski definition) is 0. The molecule has 0 N–H and O–H groups in total. The molecule has 0 aromatic rings. The number of carbonyl (C=O) groups is 3. The van der Waals surface area contributed by atoms with Crippen LogP contribution in [-0.2, 0) is 28.6 Å². The van der Waals surface area contributed by atoms with Gasteiger partial charge in [0.05, 0.1) is 0 Å². The quantitative estimate of drug-likeness (QED) is 0.0200. The minimum Gasteiger partial charge on any atom is -0.462 e. The lowest BCUT2D eigenvalue weighted by Crippen LogP contribution is -2.30. The van der Waals surface area contributed by atoms with Crippen molar-refractivity contribution in [1.29, 1.82) is 0 Å². The van der Waals surface area contributed by atoms with E-state index >= 15 is 0 Å². The molecule has 0 spiro atoms. The maximum Gasteiger partial charge on any atom is 0.306 e. The molecule has 0 aromatic carbocycles. The van der Waals surface area contributed by atoms with E-state index in [2.05, 4.69) is 69.4 Å². The van der Waals surface area contributed by atoms with E-state index < -0.39 is 6.10 Å². The Labute approximate surface area is 365 Å². The summed E-state index contributed by atoms with van der Waals surface area (Å²) in [5, 5.41) is 0. The highest BCUT2D eigenvalue weighted by atomic mass is 16.6. The van der Waals surface area contributed by atoms with Gasteiger partial charge in [0.15, 0.2) is 6.10 Å². The number of rotatable bonds is 45. The summed E-state index contributed by atoms with van der Waals surface area (Å²) in [4.78, 5) is 37.9. The van der Waals surface area contributed by atoms with Gasteiger partial charge in [-0.1, -0.05) is 223 Å². The SMILES string of the molecule is CC\C=C/C=C\C=C/CCCCCCCCCC(=O)OCC(COC(=O)CCCCCCC/C=C\CCCC)OC(=O)CCCCCCCCCCCCCCCCC. The molecule has 342 valence electrons. The Hall–Kier alpha value is -2.63. The van der Waals surface area contributed by atoms with E-state index in [1.807, 2.05) is 0 Å². The van der Waals surface area contributed by atoms with Gasteiger partial charge >= 0.3 is 17.9 Å². The lowest BCUT2D eigenvalue weighted by atomic mass is 10.0. The molecule has 0 aromatic heterocycles. The minimum atomic E-state index is -0.777. The van der Waals surface area contributed by atoms with Gasteiger partial charge in [-0.05, 0) is 57.8 Å². The summed E-state index contributed by atoms with van der Waals surface area (Å²) < 4.78 is 16.8. The fourth-order valence-corrected chi connectivity index (χ4v) is 7.07. The topological polar surface area (TPSA) is 78.9 Å². The Balaban J connectivity index is 4.37. The number of carbonyl (C=O) groups excluding carboxylic acids is 3. The molecule has 0 amide bonds. The third-order valence-electron chi connectivity index (χ3n) is 10.9. The first-order chi connectivity index (χ1) is 29.0. The molecule has 6 heteroatoms. The summed E-state index contributed by atoms with van der Waals surface area (Å²) in [6, 6.07) is 0. The van der Waals surface area contributed by atoms with Crippen molar-refractivity contribution in [3.63, 3.8) is 0 Å². The standard InChI is InChI=1S/C53H94O6/c1-4-7-10-13-16-19-22-24-26-28-31-34-37-40-43-46-52(55)58-49-50(48-57-51(54)45-42-39-36-33-30-21-18-15-12-9-6-3)59-53(56)47-44-41-38-35-32-29-27-25-23-20-17-14-11-8-5-2/h7,10,13,15-16,18-19,22,50H,4-6,8-9,11-12,14,17,20-21,23-49H2,1-3H3/b10-7-,16-13-,18-15-,22-19-. The van der Waals surface area contributed by atoms with E-state index in [0.717, 1.165) is 77.0 Å². The molecule has 0 heterocycles. The van der Waals surface area contributed by atoms with Crippen LogP contribution in [0.2, 0.25) is 0 Å². The Kier molecular flexibility index (Phi) is 45.9. The zero-order valence-electron chi connectivity index (χ0n) is 39.0. The highest BCUT2D eigenvalue weighted by molar-refractivity contribution is 5.71. The highest BCUT2D eigenvalue weighted by Gasteiger charge is 2.19. The summed E-state index contributed by atoms with van der Waals surface area (Å²) in [6.07, 6.45) is 56.6. The summed E-state index contributed by atoms with van der Waals surface area (Å²) in [5.74, 6) is -0.894. The van der Waals surface area contributed by atoms with Crippen LogP contribution < -0.4 is 0 Å². The number of ether oxygens (including phenoxy) is 3. The average molecular weight is 827 g/mol. The molecule has 1 atom stereocenters. The van der Waals surface area contributed by atoms with Crippen LogP contribution in [0, 0.1) is 0 Å². The molecule has 0 aliphatic rings. The predicted octanol–water partition coefficient (Wildman–Crippen LogP) is 16.3. The molecule has 0 aliphatic carbocycles. The maximum absolute atomic E-state index is 12.8. The molecule has 6 nitrogen and oxygen atoms in total. The first-order valence-electron chi connectivity index (χ1n) is 25.2. The zero-order valence-corrected chi connectivity index (χ0v) is 39.0. The third-order valence-corrected chi connectivity index (χ3v) is 10.9. The number of hydrogen-bond acceptors (Lipinski definition) is 6. The minimum absolute atomic E-state index is 0.0795. The van der Waals surface area contributed by atoms with Crippen molar-refractivity contribution in [2.45, 2.75) is 258 Å². The zero-order chi connectivity index (χ0) is 43.0. The Bertz CT molecular complexity index is 1040. The first-order valence-corrected chi connectivity index (χ1v) is 25.2. The van der Waals surface area contributed by atoms with Gasteiger partial charge in [0.25, 0.3) is 0 Å². The van der Waals surface area contributed by atoms with Gasteiger partial charge in [0.2, 0.25) is 0 Å². The Morgan fingerprint density at radius 2 is 0.695 bits per heavy atom. The average Bonchev–Trinajstić information content (AvgIpc) is 3.23. The van der Waals surface area contributed by atoms with E-state index in [1.54, 1.807) is 0 Å². The monoisotopic (exact) mass is 827 g/mol. The summed E-state index contributed by atoms with van der Waals surface area (Å²) in [7, 11) is 0. The van der Waals surface area contributed by atoms with E-state index in [0.29, 0.717) is 19.3 Å². The summed E-state index contributed by atoms with van der Waals surface area (Å²) in [5.41, 5.74) is 0. The Morgan fingerprint density at radius 3 is 1.12 bits per heavy atom. The maximum atomic E-state index is 12.8. The first kappa shape index (κ1) is 56.4. The second kappa shape index (κ2) is 48.0. The molecule has 0 radical (unpaired) electrons. The van der Waals surface area contributed by atoms with Crippen LogP contribution in [0.5, 0.6) is 0 Å². The molecule has 0 fully saturated rings. The van der Waals surface area contributed by atoms with Crippen molar-refractivity contribution in [2.24, 2.45) is 0 Å². The van der Waals surface area contributed by atoms with Gasteiger partial charge in [-0.25, -0.2) is 0 Å². The van der Waals surface area contributed by atoms with Crippen molar-refractivity contribution in [3.05, 3.63) is 48.6 Å². The molecular formula is C53H94O6. The molecule has 59 heavy (non-hydrogen) atoms. The smallest absolute Gasteiger partial charge is 0.306 e.